The Morgan fingerprint density at radius 2 is 1.78 bits per heavy atom. The molecule has 0 spiro atoms. The first-order chi connectivity index (χ1) is 15.3. The molecular formula is C21H17FN4O5S. The number of rotatable bonds is 8. The molecule has 3 rings (SSSR count). The summed E-state index contributed by atoms with van der Waals surface area (Å²) >= 11 is 0.982. The quantitative estimate of drug-likeness (QED) is 0.265. The zero-order valence-corrected chi connectivity index (χ0v) is 17.3. The first-order valence-corrected chi connectivity index (χ1v) is 10.1. The van der Waals surface area contributed by atoms with Gasteiger partial charge in [-0.25, -0.2) is 19.2 Å². The third-order valence-electron chi connectivity index (χ3n) is 4.06. The van der Waals surface area contributed by atoms with E-state index in [1.807, 2.05) is 0 Å². The predicted molar refractivity (Wildman–Crippen MR) is 115 cm³/mol. The van der Waals surface area contributed by atoms with Gasteiger partial charge in [0.15, 0.2) is 5.16 Å². The second-order valence-electron chi connectivity index (χ2n) is 6.36. The molecule has 2 aromatic carbocycles. The van der Waals surface area contributed by atoms with Gasteiger partial charge in [0.05, 0.1) is 11.3 Å². The summed E-state index contributed by atoms with van der Waals surface area (Å²) in [6.07, 6.45) is 1.23. The summed E-state index contributed by atoms with van der Waals surface area (Å²) in [5.41, 5.74) is 7.03. The van der Waals surface area contributed by atoms with E-state index < -0.39 is 23.7 Å². The Morgan fingerprint density at radius 3 is 2.41 bits per heavy atom. The lowest BCUT2D eigenvalue weighted by Gasteiger charge is -2.08. The number of carboxylic acids is 1. The van der Waals surface area contributed by atoms with Crippen molar-refractivity contribution in [2.45, 2.75) is 11.8 Å². The highest BCUT2D eigenvalue weighted by molar-refractivity contribution is 7.99. The molecule has 1 aromatic heterocycles. The van der Waals surface area contributed by atoms with E-state index >= 15 is 0 Å². The van der Waals surface area contributed by atoms with Gasteiger partial charge in [-0.15, -0.1) is 0 Å². The minimum absolute atomic E-state index is 0.00914. The maximum atomic E-state index is 13.0. The highest BCUT2D eigenvalue weighted by atomic mass is 32.2. The number of aromatic carboxylic acids is 1. The molecule has 0 aliphatic rings. The molecule has 11 heteroatoms. The van der Waals surface area contributed by atoms with Crippen LogP contribution in [0.4, 0.5) is 15.9 Å². The molecule has 0 aliphatic heterocycles. The maximum absolute atomic E-state index is 13.0. The fourth-order valence-electron chi connectivity index (χ4n) is 2.43. The van der Waals surface area contributed by atoms with Crippen LogP contribution >= 0.6 is 11.8 Å². The number of hydrogen-bond acceptors (Lipinski definition) is 8. The van der Waals surface area contributed by atoms with Gasteiger partial charge in [-0.2, -0.15) is 0 Å². The Labute approximate surface area is 185 Å². The number of halogens is 1. The summed E-state index contributed by atoms with van der Waals surface area (Å²) in [6.45, 7) is -0.00914. The summed E-state index contributed by atoms with van der Waals surface area (Å²) < 4.78 is 18.1. The number of anilines is 2. The number of carboxylic acid groups (broad SMARTS) is 1. The average Bonchev–Trinajstić information content (AvgIpc) is 2.78. The van der Waals surface area contributed by atoms with Gasteiger partial charge in [0, 0.05) is 11.9 Å². The van der Waals surface area contributed by atoms with Crippen molar-refractivity contribution in [3.8, 4) is 0 Å². The minimum Gasteiger partial charge on any atom is -0.478 e. The maximum Gasteiger partial charge on any atom is 0.335 e. The van der Waals surface area contributed by atoms with E-state index in [9.17, 15) is 18.8 Å². The second-order valence-corrected chi connectivity index (χ2v) is 7.31. The Bertz CT molecular complexity index is 1140. The van der Waals surface area contributed by atoms with Gasteiger partial charge in [0.2, 0.25) is 0 Å². The summed E-state index contributed by atoms with van der Waals surface area (Å²) in [7, 11) is 0. The Kier molecular flexibility index (Phi) is 7.34. The van der Waals surface area contributed by atoms with Crippen molar-refractivity contribution < 1.29 is 28.6 Å². The van der Waals surface area contributed by atoms with Crippen LogP contribution in [0.1, 0.15) is 26.3 Å². The van der Waals surface area contributed by atoms with Gasteiger partial charge in [0.25, 0.3) is 5.91 Å². The molecule has 1 heterocycles. The van der Waals surface area contributed by atoms with Gasteiger partial charge in [0.1, 0.15) is 23.8 Å². The molecule has 0 bridgehead atoms. The highest BCUT2D eigenvalue weighted by Gasteiger charge is 2.14. The van der Waals surface area contributed by atoms with Crippen LogP contribution in [0.3, 0.4) is 0 Å². The molecule has 0 saturated carbocycles. The fraction of sp³-hybridized carbons (Fsp3) is 0.0952. The third kappa shape index (κ3) is 6.25. The summed E-state index contributed by atoms with van der Waals surface area (Å²) in [6, 6.07) is 11.2. The number of carbonyl (C=O) groups excluding carboxylic acids is 2. The number of carbonyl (C=O) groups is 3. The Morgan fingerprint density at radius 1 is 1.09 bits per heavy atom. The van der Waals surface area contributed by atoms with E-state index in [0.29, 0.717) is 11.3 Å². The number of nitrogens with zero attached hydrogens (tertiary/aromatic N) is 2. The van der Waals surface area contributed by atoms with Crippen molar-refractivity contribution in [3.63, 3.8) is 0 Å². The fourth-order valence-corrected chi connectivity index (χ4v) is 3.05. The number of benzene rings is 2. The largest absolute Gasteiger partial charge is 0.478 e. The van der Waals surface area contributed by atoms with Crippen LogP contribution in [0.25, 0.3) is 0 Å². The first-order valence-electron chi connectivity index (χ1n) is 9.12. The van der Waals surface area contributed by atoms with Crippen molar-refractivity contribution >= 4 is 41.1 Å². The number of aromatic nitrogens is 2. The van der Waals surface area contributed by atoms with Crippen molar-refractivity contribution in [1.82, 2.24) is 9.97 Å². The van der Waals surface area contributed by atoms with Crippen molar-refractivity contribution in [2.24, 2.45) is 0 Å². The first kappa shape index (κ1) is 22.7. The molecule has 4 N–H and O–H groups in total. The second kappa shape index (κ2) is 10.4. The van der Waals surface area contributed by atoms with Crippen molar-refractivity contribution in [2.75, 3.05) is 16.8 Å². The van der Waals surface area contributed by atoms with Crippen LogP contribution < -0.4 is 11.1 Å². The molecule has 3 aromatic rings. The zero-order valence-electron chi connectivity index (χ0n) is 16.4. The van der Waals surface area contributed by atoms with Crippen LogP contribution in [0, 0.1) is 5.82 Å². The van der Waals surface area contributed by atoms with E-state index in [1.54, 1.807) is 12.1 Å². The molecule has 0 unspecified atom stereocenters. The van der Waals surface area contributed by atoms with Gasteiger partial charge in [-0.05, 0) is 42.0 Å². The molecule has 0 atom stereocenters. The topological polar surface area (TPSA) is 144 Å². The molecule has 1 amide bonds. The SMILES string of the molecule is Nc1nc(SCC(=O)OCc2ccc(C(=O)O)cc2)ncc1C(=O)Nc1ccc(F)cc1. The molecule has 0 radical (unpaired) electrons. The Balaban J connectivity index is 1.50. The molecule has 0 aliphatic carbocycles. The molecule has 9 nitrogen and oxygen atoms in total. The molecular weight excluding hydrogens is 439 g/mol. The average molecular weight is 456 g/mol. The number of hydrogen-bond donors (Lipinski definition) is 3. The zero-order chi connectivity index (χ0) is 23.1. The van der Waals surface area contributed by atoms with Crippen LogP contribution in [-0.2, 0) is 16.1 Å². The lowest BCUT2D eigenvalue weighted by Crippen LogP contribution is -2.16. The number of nitrogens with one attached hydrogen (secondary N) is 1. The van der Waals surface area contributed by atoms with Crippen LogP contribution in [0.5, 0.6) is 0 Å². The number of nitrogens with two attached hydrogens (primary N) is 1. The van der Waals surface area contributed by atoms with Crippen LogP contribution in [0.15, 0.2) is 59.9 Å². The monoisotopic (exact) mass is 456 g/mol. The minimum atomic E-state index is -1.04. The van der Waals surface area contributed by atoms with Gasteiger partial charge < -0.3 is 20.9 Å². The number of esters is 1. The van der Waals surface area contributed by atoms with E-state index in [4.69, 9.17) is 15.6 Å². The van der Waals surface area contributed by atoms with E-state index in [1.165, 1.54) is 42.6 Å². The summed E-state index contributed by atoms with van der Waals surface area (Å²) in [5.74, 6) is -2.72. The van der Waals surface area contributed by atoms with Gasteiger partial charge >= 0.3 is 11.9 Å². The van der Waals surface area contributed by atoms with E-state index in [2.05, 4.69) is 15.3 Å². The van der Waals surface area contributed by atoms with E-state index in [0.717, 1.165) is 11.8 Å². The number of thioether (sulfide) groups is 1. The predicted octanol–water partition coefficient (Wildman–Crippen LogP) is 2.98. The van der Waals surface area contributed by atoms with Crippen molar-refractivity contribution in [3.05, 3.63) is 77.2 Å². The van der Waals surface area contributed by atoms with Crippen molar-refractivity contribution in [1.29, 1.82) is 0 Å². The summed E-state index contributed by atoms with van der Waals surface area (Å²) in [4.78, 5) is 43.1. The Hall–Kier alpha value is -3.99. The van der Waals surface area contributed by atoms with Gasteiger partial charge in [-0.3, -0.25) is 9.59 Å². The standard InChI is InChI=1S/C21H17FN4O5S/c22-14-5-7-15(8-6-14)25-19(28)16-9-24-21(26-18(16)23)32-11-17(27)31-10-12-1-3-13(4-2-12)20(29)30/h1-9H,10-11H2,(H,25,28)(H,29,30)(H2,23,24,26). The number of ether oxygens (including phenoxy) is 1. The highest BCUT2D eigenvalue weighted by Crippen LogP contribution is 2.18. The molecule has 0 fully saturated rings. The van der Waals surface area contributed by atoms with Crippen LogP contribution in [0.2, 0.25) is 0 Å². The smallest absolute Gasteiger partial charge is 0.335 e. The molecule has 164 valence electrons. The lowest BCUT2D eigenvalue weighted by molar-refractivity contribution is -0.141. The third-order valence-corrected chi connectivity index (χ3v) is 4.90. The normalized spacial score (nSPS) is 10.4. The van der Waals surface area contributed by atoms with Gasteiger partial charge in [-0.1, -0.05) is 23.9 Å². The van der Waals surface area contributed by atoms with E-state index in [-0.39, 0.29) is 34.5 Å². The van der Waals surface area contributed by atoms with Crippen LogP contribution in [-0.4, -0.2) is 38.7 Å². The number of nitrogen functional groups attached to an aromatic ring is 1. The lowest BCUT2D eigenvalue weighted by atomic mass is 10.1. The molecule has 32 heavy (non-hydrogen) atoms. The molecule has 0 saturated heterocycles. The number of amides is 1. The summed E-state index contributed by atoms with van der Waals surface area (Å²) in [5, 5.41) is 11.6.